The minimum atomic E-state index is 0.0855. The van der Waals surface area contributed by atoms with Crippen molar-refractivity contribution in [2.24, 2.45) is 0 Å². The maximum atomic E-state index is 4.61. The highest BCUT2D eigenvalue weighted by molar-refractivity contribution is 9.10. The average molecular weight is 351 g/mol. The van der Waals surface area contributed by atoms with Crippen molar-refractivity contribution in [3.63, 3.8) is 0 Å². The smallest absolute Gasteiger partial charge is 0.0777 e. The first kappa shape index (κ1) is 16.2. The molecule has 1 unspecified atom stereocenters. The molecule has 1 atom stereocenters. The number of nitrogens with zero attached hydrogens (tertiary/aromatic N) is 3. The molecular weight excluding hydrogens is 328 g/mol. The van der Waals surface area contributed by atoms with E-state index in [-0.39, 0.29) is 6.04 Å². The molecule has 0 aliphatic rings. The zero-order valence-electron chi connectivity index (χ0n) is 13.3. The van der Waals surface area contributed by atoms with Crippen molar-refractivity contribution in [1.82, 2.24) is 20.1 Å². The van der Waals surface area contributed by atoms with Crippen LogP contribution in [0.1, 0.15) is 55.5 Å². The van der Waals surface area contributed by atoms with E-state index >= 15 is 0 Å². The van der Waals surface area contributed by atoms with Crippen LogP contribution in [0.2, 0.25) is 0 Å². The molecule has 2 heterocycles. The maximum Gasteiger partial charge on any atom is 0.0777 e. The summed E-state index contributed by atoms with van der Waals surface area (Å²) in [6.45, 7) is 11.4. The highest BCUT2D eigenvalue weighted by atomic mass is 79.9. The summed E-state index contributed by atoms with van der Waals surface area (Å²) in [4.78, 5) is 4.61. The molecule has 0 radical (unpaired) electrons. The van der Waals surface area contributed by atoms with E-state index in [0.717, 1.165) is 28.1 Å². The van der Waals surface area contributed by atoms with E-state index < -0.39 is 0 Å². The molecule has 2 rings (SSSR count). The number of pyridine rings is 1. The van der Waals surface area contributed by atoms with Gasteiger partial charge < -0.3 is 5.32 Å². The molecule has 21 heavy (non-hydrogen) atoms. The van der Waals surface area contributed by atoms with Gasteiger partial charge in [-0.05, 0) is 61.8 Å². The summed E-state index contributed by atoms with van der Waals surface area (Å²) >= 11 is 3.65. The molecule has 0 aliphatic heterocycles. The standard InChI is InChI=1S/C16H23BrN4/c1-6-18-15(13-8-7-11(4)20-12(13)5)16-14(17)9-19-21(16)10(2)3/h7-10,15,18H,6H2,1-5H3. The van der Waals surface area contributed by atoms with Crippen LogP contribution in [-0.4, -0.2) is 21.3 Å². The van der Waals surface area contributed by atoms with Gasteiger partial charge in [-0.1, -0.05) is 13.0 Å². The quantitative estimate of drug-likeness (QED) is 0.887. The fourth-order valence-electron chi connectivity index (χ4n) is 2.59. The molecule has 1 N–H and O–H groups in total. The highest BCUT2D eigenvalue weighted by Gasteiger charge is 2.24. The minimum absolute atomic E-state index is 0.0855. The largest absolute Gasteiger partial charge is 0.305 e. The molecule has 4 nitrogen and oxygen atoms in total. The summed E-state index contributed by atoms with van der Waals surface area (Å²) in [5, 5.41) is 8.07. The van der Waals surface area contributed by atoms with Crippen LogP contribution in [0.3, 0.4) is 0 Å². The van der Waals surface area contributed by atoms with Gasteiger partial charge in [-0.2, -0.15) is 5.10 Å². The molecule has 2 aromatic heterocycles. The first-order valence-electron chi connectivity index (χ1n) is 7.36. The zero-order chi connectivity index (χ0) is 15.6. The molecule has 0 fully saturated rings. The van der Waals surface area contributed by atoms with Crippen molar-refractivity contribution in [2.75, 3.05) is 6.54 Å². The Morgan fingerprint density at radius 1 is 1.29 bits per heavy atom. The molecule has 5 heteroatoms. The van der Waals surface area contributed by atoms with E-state index in [1.54, 1.807) is 0 Å². The SMILES string of the molecule is CCNC(c1ccc(C)nc1C)c1c(Br)cnn1C(C)C. The Morgan fingerprint density at radius 3 is 2.57 bits per heavy atom. The number of rotatable bonds is 5. The van der Waals surface area contributed by atoms with Gasteiger partial charge in [0.1, 0.15) is 0 Å². The summed E-state index contributed by atoms with van der Waals surface area (Å²) in [5.74, 6) is 0. The second-order valence-corrected chi connectivity index (χ2v) is 6.39. The Bertz CT molecular complexity index is 619. The third-order valence-electron chi connectivity index (χ3n) is 3.53. The molecule has 114 valence electrons. The fourth-order valence-corrected chi connectivity index (χ4v) is 3.09. The highest BCUT2D eigenvalue weighted by Crippen LogP contribution is 2.31. The lowest BCUT2D eigenvalue weighted by molar-refractivity contribution is 0.474. The number of halogens is 1. The second kappa shape index (κ2) is 6.71. The maximum absolute atomic E-state index is 4.61. The van der Waals surface area contributed by atoms with Crippen molar-refractivity contribution < 1.29 is 0 Å². The van der Waals surface area contributed by atoms with Gasteiger partial charge in [0.25, 0.3) is 0 Å². The monoisotopic (exact) mass is 350 g/mol. The van der Waals surface area contributed by atoms with Gasteiger partial charge in [-0.25, -0.2) is 0 Å². The van der Waals surface area contributed by atoms with Gasteiger partial charge in [-0.3, -0.25) is 9.67 Å². The summed E-state index contributed by atoms with van der Waals surface area (Å²) in [6.07, 6.45) is 1.87. The van der Waals surface area contributed by atoms with Crippen LogP contribution in [-0.2, 0) is 0 Å². The average Bonchev–Trinajstić information content (AvgIpc) is 2.79. The number of nitrogens with one attached hydrogen (secondary N) is 1. The van der Waals surface area contributed by atoms with Crippen molar-refractivity contribution in [1.29, 1.82) is 0 Å². The Hall–Kier alpha value is -1.20. The summed E-state index contributed by atoms with van der Waals surface area (Å²) in [6, 6.07) is 4.62. The van der Waals surface area contributed by atoms with Crippen molar-refractivity contribution in [3.05, 3.63) is 45.4 Å². The normalized spacial score (nSPS) is 12.9. The van der Waals surface area contributed by atoms with Gasteiger partial charge >= 0.3 is 0 Å². The zero-order valence-corrected chi connectivity index (χ0v) is 14.9. The van der Waals surface area contributed by atoms with Crippen LogP contribution in [0.25, 0.3) is 0 Å². The third-order valence-corrected chi connectivity index (χ3v) is 4.15. The fraction of sp³-hybridized carbons (Fsp3) is 0.500. The van der Waals surface area contributed by atoms with Crippen LogP contribution in [0.5, 0.6) is 0 Å². The van der Waals surface area contributed by atoms with Crippen LogP contribution < -0.4 is 5.32 Å². The summed E-state index contributed by atoms with van der Waals surface area (Å²) in [5.41, 5.74) is 4.46. The third kappa shape index (κ3) is 3.35. The number of hydrogen-bond donors (Lipinski definition) is 1. The van der Waals surface area contributed by atoms with E-state index in [9.17, 15) is 0 Å². The molecule has 2 aromatic rings. The molecule has 0 bridgehead atoms. The van der Waals surface area contributed by atoms with Gasteiger partial charge in [-0.15, -0.1) is 0 Å². The number of aryl methyl sites for hydroxylation is 2. The Balaban J connectivity index is 2.56. The van der Waals surface area contributed by atoms with Crippen LogP contribution in [0.15, 0.2) is 22.8 Å². The lowest BCUT2D eigenvalue weighted by Crippen LogP contribution is -2.27. The van der Waals surface area contributed by atoms with Crippen LogP contribution >= 0.6 is 15.9 Å². The molecule has 0 amide bonds. The van der Waals surface area contributed by atoms with Gasteiger partial charge in [0.05, 0.1) is 22.4 Å². The predicted molar refractivity (Wildman–Crippen MR) is 89.5 cm³/mol. The number of hydrogen-bond acceptors (Lipinski definition) is 3. The van der Waals surface area contributed by atoms with E-state index in [1.807, 2.05) is 13.1 Å². The minimum Gasteiger partial charge on any atom is -0.305 e. The molecule has 0 saturated carbocycles. The molecule has 0 saturated heterocycles. The van der Waals surface area contributed by atoms with Crippen LogP contribution in [0.4, 0.5) is 0 Å². The van der Waals surface area contributed by atoms with Crippen molar-refractivity contribution in [3.8, 4) is 0 Å². The molecular formula is C16H23BrN4. The van der Waals surface area contributed by atoms with Crippen LogP contribution in [0, 0.1) is 13.8 Å². The Labute approximate surface area is 135 Å². The number of aromatic nitrogens is 3. The lowest BCUT2D eigenvalue weighted by Gasteiger charge is -2.23. The van der Waals surface area contributed by atoms with E-state index in [0.29, 0.717) is 6.04 Å². The van der Waals surface area contributed by atoms with Crippen molar-refractivity contribution >= 4 is 15.9 Å². The predicted octanol–water partition coefficient (Wildman–Crippen LogP) is 3.94. The van der Waals surface area contributed by atoms with Crippen molar-refractivity contribution in [2.45, 2.75) is 46.7 Å². The van der Waals surface area contributed by atoms with Gasteiger partial charge in [0, 0.05) is 17.4 Å². The first-order chi connectivity index (χ1) is 9.95. The second-order valence-electron chi connectivity index (χ2n) is 5.53. The topological polar surface area (TPSA) is 42.7 Å². The molecule has 0 aromatic carbocycles. The van der Waals surface area contributed by atoms with Gasteiger partial charge in [0.15, 0.2) is 0 Å². The summed E-state index contributed by atoms with van der Waals surface area (Å²) in [7, 11) is 0. The molecule has 0 spiro atoms. The molecule has 0 aliphatic carbocycles. The Kier molecular flexibility index (Phi) is 5.17. The summed E-state index contributed by atoms with van der Waals surface area (Å²) < 4.78 is 3.10. The first-order valence-corrected chi connectivity index (χ1v) is 8.15. The lowest BCUT2D eigenvalue weighted by atomic mass is 10.0. The van der Waals surface area contributed by atoms with Gasteiger partial charge in [0.2, 0.25) is 0 Å². The van der Waals surface area contributed by atoms with E-state index in [4.69, 9.17) is 0 Å². The van der Waals surface area contributed by atoms with E-state index in [2.05, 4.69) is 75.8 Å². The van der Waals surface area contributed by atoms with E-state index in [1.165, 1.54) is 5.56 Å². The Morgan fingerprint density at radius 2 is 2.00 bits per heavy atom.